The first-order chi connectivity index (χ1) is 13.1. The lowest BCUT2D eigenvalue weighted by Crippen LogP contribution is -2.44. The van der Waals surface area contributed by atoms with E-state index in [1.165, 1.54) is 0 Å². The minimum Gasteiger partial charge on any atom is -0.484 e. The second-order valence-corrected chi connectivity index (χ2v) is 7.06. The van der Waals surface area contributed by atoms with E-state index in [0.29, 0.717) is 0 Å². The van der Waals surface area contributed by atoms with Gasteiger partial charge >= 0.3 is 0 Å². The Morgan fingerprint density at radius 3 is 2.44 bits per heavy atom. The van der Waals surface area contributed by atoms with E-state index in [4.69, 9.17) is 9.47 Å². The van der Waals surface area contributed by atoms with Crippen LogP contribution in [0.2, 0.25) is 0 Å². The van der Waals surface area contributed by atoms with Crippen molar-refractivity contribution in [2.75, 3.05) is 39.5 Å². The molecule has 1 amide bonds. The number of nitrogens with zero attached hydrogens (tertiary/aromatic N) is 1. The highest BCUT2D eigenvalue weighted by atomic mass is 16.5. The number of hydrogen-bond donors (Lipinski definition) is 1. The molecule has 0 aliphatic carbocycles. The Morgan fingerprint density at radius 2 is 1.78 bits per heavy atom. The number of morpholine rings is 1. The zero-order chi connectivity index (χ0) is 19.1. The Bertz CT molecular complexity index is 722. The lowest BCUT2D eigenvalue weighted by atomic mass is 10.1. The van der Waals surface area contributed by atoms with Crippen LogP contribution in [0.4, 0.5) is 0 Å². The van der Waals surface area contributed by atoms with Gasteiger partial charge in [0.1, 0.15) is 5.75 Å². The predicted octanol–water partition coefficient (Wildman–Crippen LogP) is 2.87. The summed E-state index contributed by atoms with van der Waals surface area (Å²) in [6, 6.07) is 16.0. The van der Waals surface area contributed by atoms with Crippen LogP contribution in [-0.2, 0) is 9.53 Å². The number of amides is 1. The maximum absolute atomic E-state index is 12.5. The summed E-state index contributed by atoms with van der Waals surface area (Å²) in [7, 11) is 0. The molecule has 1 heterocycles. The molecule has 0 spiro atoms. The van der Waals surface area contributed by atoms with E-state index >= 15 is 0 Å². The first-order valence-electron chi connectivity index (χ1n) is 9.45. The predicted molar refractivity (Wildman–Crippen MR) is 106 cm³/mol. The van der Waals surface area contributed by atoms with Crippen LogP contribution in [-0.4, -0.2) is 50.3 Å². The molecule has 1 atom stereocenters. The quantitative estimate of drug-likeness (QED) is 0.817. The van der Waals surface area contributed by atoms with Gasteiger partial charge in [-0.3, -0.25) is 9.69 Å². The van der Waals surface area contributed by atoms with E-state index in [2.05, 4.69) is 28.4 Å². The molecule has 1 unspecified atom stereocenters. The normalized spacial score (nSPS) is 15.9. The van der Waals surface area contributed by atoms with E-state index in [1.54, 1.807) is 0 Å². The van der Waals surface area contributed by atoms with Crippen molar-refractivity contribution in [3.63, 3.8) is 0 Å². The molecule has 0 aromatic heterocycles. The molecule has 1 aliphatic rings. The van der Waals surface area contributed by atoms with Crippen LogP contribution in [0.3, 0.4) is 0 Å². The number of rotatable bonds is 7. The summed E-state index contributed by atoms with van der Waals surface area (Å²) < 4.78 is 11.1. The molecule has 27 heavy (non-hydrogen) atoms. The Morgan fingerprint density at radius 1 is 1.11 bits per heavy atom. The molecule has 1 N–H and O–H groups in total. The van der Waals surface area contributed by atoms with Crippen LogP contribution < -0.4 is 10.1 Å². The molecule has 3 rings (SSSR count). The fourth-order valence-electron chi connectivity index (χ4n) is 3.36. The van der Waals surface area contributed by atoms with E-state index in [9.17, 15) is 4.79 Å². The topological polar surface area (TPSA) is 50.8 Å². The van der Waals surface area contributed by atoms with Crippen molar-refractivity contribution < 1.29 is 14.3 Å². The van der Waals surface area contributed by atoms with Gasteiger partial charge in [0.25, 0.3) is 5.91 Å². The molecule has 5 heteroatoms. The van der Waals surface area contributed by atoms with Crippen LogP contribution in [0.5, 0.6) is 5.75 Å². The van der Waals surface area contributed by atoms with Gasteiger partial charge in [-0.1, -0.05) is 36.4 Å². The Hall–Kier alpha value is -2.37. The Balaban J connectivity index is 1.61. The van der Waals surface area contributed by atoms with E-state index in [-0.39, 0.29) is 18.6 Å². The monoisotopic (exact) mass is 368 g/mol. The number of hydrogen-bond acceptors (Lipinski definition) is 4. The van der Waals surface area contributed by atoms with Crippen LogP contribution >= 0.6 is 0 Å². The second kappa shape index (κ2) is 9.53. The SMILES string of the molecule is Cc1cc(C)cc(OCC(=O)NC(CN2CCOCC2)c2ccccc2)c1. The van der Waals surface area contributed by atoms with Gasteiger partial charge in [0.05, 0.1) is 19.3 Å². The third-order valence-electron chi connectivity index (χ3n) is 4.65. The average Bonchev–Trinajstić information content (AvgIpc) is 2.67. The summed E-state index contributed by atoms with van der Waals surface area (Å²) in [5.41, 5.74) is 3.35. The van der Waals surface area contributed by atoms with Crippen molar-refractivity contribution in [1.29, 1.82) is 0 Å². The fourth-order valence-corrected chi connectivity index (χ4v) is 3.36. The maximum Gasteiger partial charge on any atom is 0.258 e. The Labute approximate surface area is 161 Å². The zero-order valence-electron chi connectivity index (χ0n) is 16.1. The van der Waals surface area contributed by atoms with Gasteiger partial charge < -0.3 is 14.8 Å². The summed E-state index contributed by atoms with van der Waals surface area (Å²) in [4.78, 5) is 14.9. The summed E-state index contributed by atoms with van der Waals surface area (Å²) >= 11 is 0. The van der Waals surface area contributed by atoms with Crippen LogP contribution in [0.25, 0.3) is 0 Å². The molecule has 5 nitrogen and oxygen atoms in total. The van der Waals surface area contributed by atoms with Gasteiger partial charge in [0, 0.05) is 19.6 Å². The average molecular weight is 368 g/mol. The molecule has 144 valence electrons. The third kappa shape index (κ3) is 6.08. The van der Waals surface area contributed by atoms with Gasteiger partial charge in [-0.25, -0.2) is 0 Å². The smallest absolute Gasteiger partial charge is 0.258 e. The number of ether oxygens (including phenoxy) is 2. The van der Waals surface area contributed by atoms with Crippen molar-refractivity contribution in [1.82, 2.24) is 10.2 Å². The minimum absolute atomic E-state index is 0.00926. The number of nitrogens with one attached hydrogen (secondary N) is 1. The maximum atomic E-state index is 12.5. The molecule has 0 saturated carbocycles. The third-order valence-corrected chi connectivity index (χ3v) is 4.65. The molecule has 1 aliphatic heterocycles. The number of carbonyl (C=O) groups excluding carboxylic acids is 1. The van der Waals surface area contributed by atoms with Gasteiger partial charge in [0.15, 0.2) is 6.61 Å². The minimum atomic E-state index is -0.115. The highest BCUT2D eigenvalue weighted by Gasteiger charge is 2.20. The van der Waals surface area contributed by atoms with Crippen molar-refractivity contribution in [2.24, 2.45) is 0 Å². The van der Waals surface area contributed by atoms with Crippen LogP contribution in [0, 0.1) is 13.8 Å². The molecule has 2 aromatic rings. The number of aryl methyl sites for hydroxylation is 2. The lowest BCUT2D eigenvalue weighted by Gasteiger charge is -2.31. The molecule has 0 radical (unpaired) electrons. The zero-order valence-corrected chi connectivity index (χ0v) is 16.1. The van der Waals surface area contributed by atoms with Crippen molar-refractivity contribution in [3.05, 3.63) is 65.2 Å². The van der Waals surface area contributed by atoms with Gasteiger partial charge in [-0.2, -0.15) is 0 Å². The van der Waals surface area contributed by atoms with Crippen molar-refractivity contribution in [2.45, 2.75) is 19.9 Å². The second-order valence-electron chi connectivity index (χ2n) is 7.06. The largest absolute Gasteiger partial charge is 0.484 e. The highest BCUT2D eigenvalue weighted by Crippen LogP contribution is 2.17. The molecule has 2 aromatic carbocycles. The summed E-state index contributed by atoms with van der Waals surface area (Å²) in [5, 5.41) is 3.13. The van der Waals surface area contributed by atoms with E-state index < -0.39 is 0 Å². The summed E-state index contributed by atoms with van der Waals surface area (Å²) in [6.45, 7) is 8.08. The first-order valence-corrected chi connectivity index (χ1v) is 9.45. The number of benzene rings is 2. The molecular formula is C22H28N2O3. The standard InChI is InChI=1S/C22H28N2O3/c1-17-12-18(2)14-20(13-17)27-16-22(25)23-21(19-6-4-3-5-7-19)15-24-8-10-26-11-9-24/h3-7,12-14,21H,8-11,15-16H2,1-2H3,(H,23,25). The summed E-state index contributed by atoms with van der Waals surface area (Å²) in [5.74, 6) is 0.614. The molecule has 1 fully saturated rings. The van der Waals surface area contributed by atoms with Crippen LogP contribution in [0.1, 0.15) is 22.7 Å². The van der Waals surface area contributed by atoms with E-state index in [0.717, 1.165) is 55.3 Å². The van der Waals surface area contributed by atoms with Crippen molar-refractivity contribution in [3.8, 4) is 5.75 Å². The van der Waals surface area contributed by atoms with E-state index in [1.807, 2.05) is 44.2 Å². The summed E-state index contributed by atoms with van der Waals surface area (Å²) in [6.07, 6.45) is 0. The molecular weight excluding hydrogens is 340 g/mol. The van der Waals surface area contributed by atoms with Gasteiger partial charge in [0.2, 0.25) is 0 Å². The molecule has 1 saturated heterocycles. The number of carbonyl (C=O) groups is 1. The first kappa shape index (κ1) is 19.4. The highest BCUT2D eigenvalue weighted by molar-refractivity contribution is 5.78. The van der Waals surface area contributed by atoms with Crippen molar-refractivity contribution >= 4 is 5.91 Å². The van der Waals surface area contributed by atoms with Gasteiger partial charge in [-0.15, -0.1) is 0 Å². The van der Waals surface area contributed by atoms with Crippen LogP contribution in [0.15, 0.2) is 48.5 Å². The van der Waals surface area contributed by atoms with Gasteiger partial charge in [-0.05, 0) is 42.7 Å². The molecule has 0 bridgehead atoms. The fraction of sp³-hybridized carbons (Fsp3) is 0.409. The Kier molecular flexibility index (Phi) is 6.85. The lowest BCUT2D eigenvalue weighted by molar-refractivity contribution is -0.124.